The molecular formula is C30H27IO3S. The standard InChI is InChI=1S/C30H27IO3S/c31-26-19-21(12-17-27(26)34-30-11-5-6-18-32-30)20-33-22-13-15-23(16-14-22)35-28-9-3-1-7-24(28)25-8-2-4-10-29(25)35/h1-4,7-10,12-17,19,30,35H,5-6,11,18,20H2. The van der Waals surface area contributed by atoms with Gasteiger partial charge in [0.15, 0.2) is 6.29 Å². The second-order valence-corrected chi connectivity index (χ2v) is 12.1. The van der Waals surface area contributed by atoms with E-state index in [0.717, 1.165) is 46.5 Å². The van der Waals surface area contributed by atoms with Crippen molar-refractivity contribution in [3.63, 3.8) is 0 Å². The Morgan fingerprint density at radius 1 is 0.829 bits per heavy atom. The maximum absolute atomic E-state index is 6.13. The average molecular weight is 595 g/mol. The molecule has 0 N–H and O–H groups in total. The maximum Gasteiger partial charge on any atom is 0.199 e. The second-order valence-electron chi connectivity index (χ2n) is 8.83. The molecule has 178 valence electrons. The normalized spacial score (nSPS) is 17.5. The van der Waals surface area contributed by atoms with Crippen LogP contribution in [0.1, 0.15) is 24.8 Å². The van der Waals surface area contributed by atoms with E-state index in [1.807, 2.05) is 6.07 Å². The van der Waals surface area contributed by atoms with Crippen molar-refractivity contribution in [3.8, 4) is 22.6 Å². The molecule has 1 atom stereocenters. The van der Waals surface area contributed by atoms with E-state index in [9.17, 15) is 0 Å². The van der Waals surface area contributed by atoms with Crippen molar-refractivity contribution in [2.45, 2.75) is 46.8 Å². The Balaban J connectivity index is 1.14. The summed E-state index contributed by atoms with van der Waals surface area (Å²) < 4.78 is 19.0. The van der Waals surface area contributed by atoms with E-state index in [-0.39, 0.29) is 6.29 Å². The average Bonchev–Trinajstić information content (AvgIpc) is 3.24. The van der Waals surface area contributed by atoms with Crippen LogP contribution in [0.15, 0.2) is 106 Å². The van der Waals surface area contributed by atoms with Gasteiger partial charge >= 0.3 is 0 Å². The maximum atomic E-state index is 6.13. The molecular weight excluding hydrogens is 567 g/mol. The van der Waals surface area contributed by atoms with E-state index in [0.29, 0.717) is 6.61 Å². The molecule has 35 heavy (non-hydrogen) atoms. The van der Waals surface area contributed by atoms with Crippen LogP contribution in [-0.2, 0) is 11.3 Å². The van der Waals surface area contributed by atoms with Crippen LogP contribution in [0.3, 0.4) is 0 Å². The summed E-state index contributed by atoms with van der Waals surface area (Å²) in [4.78, 5) is 4.23. The van der Waals surface area contributed by atoms with Crippen molar-refractivity contribution in [3.05, 3.63) is 100 Å². The van der Waals surface area contributed by atoms with Crippen LogP contribution in [0.5, 0.6) is 11.5 Å². The molecule has 2 heterocycles. The minimum absolute atomic E-state index is 0.127. The molecule has 0 bridgehead atoms. The van der Waals surface area contributed by atoms with Gasteiger partial charge in [0.1, 0.15) is 18.1 Å². The number of thiol groups is 1. The lowest BCUT2D eigenvalue weighted by molar-refractivity contribution is -0.106. The molecule has 0 radical (unpaired) electrons. The van der Waals surface area contributed by atoms with E-state index < -0.39 is 10.9 Å². The molecule has 1 unspecified atom stereocenters. The summed E-state index contributed by atoms with van der Waals surface area (Å²) in [7, 11) is -0.534. The van der Waals surface area contributed by atoms with E-state index in [1.165, 1.54) is 25.8 Å². The van der Waals surface area contributed by atoms with Crippen molar-refractivity contribution in [1.29, 1.82) is 0 Å². The topological polar surface area (TPSA) is 27.7 Å². The van der Waals surface area contributed by atoms with Crippen molar-refractivity contribution < 1.29 is 14.2 Å². The third-order valence-corrected chi connectivity index (χ3v) is 9.87. The second kappa shape index (κ2) is 10.2. The SMILES string of the molecule is Ic1cc(COc2ccc([SH]3c4ccccc4-c4ccccc43)cc2)ccc1OC1CCCCO1. The summed E-state index contributed by atoms with van der Waals surface area (Å²) in [5.41, 5.74) is 3.86. The Morgan fingerprint density at radius 2 is 1.54 bits per heavy atom. The van der Waals surface area contributed by atoms with Crippen LogP contribution in [0, 0.1) is 3.57 Å². The monoisotopic (exact) mass is 594 g/mol. The Bertz CT molecular complexity index is 1290. The summed E-state index contributed by atoms with van der Waals surface area (Å²) in [6.07, 6.45) is 3.11. The minimum Gasteiger partial charge on any atom is -0.489 e. The van der Waals surface area contributed by atoms with Gasteiger partial charge in [0.05, 0.1) is 10.2 Å². The lowest BCUT2D eigenvalue weighted by Gasteiger charge is -2.24. The Labute approximate surface area is 222 Å². The lowest BCUT2D eigenvalue weighted by atomic mass is 10.1. The Morgan fingerprint density at radius 3 is 2.20 bits per heavy atom. The molecule has 5 heteroatoms. The summed E-state index contributed by atoms with van der Waals surface area (Å²) in [6, 6.07) is 32.5. The number of hydrogen-bond donors (Lipinski definition) is 1. The number of halogens is 1. The molecule has 0 amide bonds. The van der Waals surface area contributed by atoms with Crippen molar-refractivity contribution in [2.24, 2.45) is 0 Å². The first kappa shape index (κ1) is 23.0. The van der Waals surface area contributed by atoms with Gasteiger partial charge in [-0.3, -0.25) is 0 Å². The number of benzene rings is 4. The van der Waals surface area contributed by atoms with E-state index in [4.69, 9.17) is 14.2 Å². The summed E-state index contributed by atoms with van der Waals surface area (Å²) >= 11 is 2.33. The van der Waals surface area contributed by atoms with Crippen molar-refractivity contribution in [1.82, 2.24) is 0 Å². The van der Waals surface area contributed by atoms with Crippen LogP contribution in [0.25, 0.3) is 11.1 Å². The van der Waals surface area contributed by atoms with Gasteiger partial charge in [-0.1, -0.05) is 42.5 Å². The number of hydrogen-bond acceptors (Lipinski definition) is 3. The van der Waals surface area contributed by atoms with Gasteiger partial charge < -0.3 is 14.2 Å². The third kappa shape index (κ3) is 4.82. The highest BCUT2D eigenvalue weighted by Crippen LogP contribution is 2.62. The van der Waals surface area contributed by atoms with Gasteiger partial charge in [-0.2, -0.15) is 10.9 Å². The Kier molecular flexibility index (Phi) is 6.72. The zero-order valence-corrected chi connectivity index (χ0v) is 22.4. The van der Waals surface area contributed by atoms with Gasteiger partial charge in [-0.25, -0.2) is 0 Å². The summed E-state index contributed by atoms with van der Waals surface area (Å²) in [6.45, 7) is 1.31. The van der Waals surface area contributed by atoms with Crippen LogP contribution < -0.4 is 9.47 Å². The first-order valence-electron chi connectivity index (χ1n) is 12.0. The fraction of sp³-hybridized carbons (Fsp3) is 0.200. The summed E-state index contributed by atoms with van der Waals surface area (Å²) in [5, 5.41) is 0. The molecule has 0 aromatic heterocycles. The molecule has 2 aliphatic rings. The Hall–Kier alpha value is -2.48. The highest BCUT2D eigenvalue weighted by molar-refractivity contribution is 14.1. The number of rotatable bonds is 6. The molecule has 0 saturated carbocycles. The molecule has 4 aromatic carbocycles. The molecule has 0 spiro atoms. The van der Waals surface area contributed by atoms with E-state index in [2.05, 4.69) is 108 Å². The van der Waals surface area contributed by atoms with Crippen LogP contribution in [0.4, 0.5) is 0 Å². The predicted octanol–water partition coefficient (Wildman–Crippen LogP) is 8.23. The molecule has 1 fully saturated rings. The fourth-order valence-corrected chi connectivity index (χ4v) is 8.05. The fourth-order valence-electron chi connectivity index (χ4n) is 4.73. The summed E-state index contributed by atoms with van der Waals surface area (Å²) in [5.74, 6) is 1.76. The zero-order valence-electron chi connectivity index (χ0n) is 19.3. The van der Waals surface area contributed by atoms with Crippen molar-refractivity contribution >= 4 is 33.5 Å². The van der Waals surface area contributed by atoms with Crippen LogP contribution in [-0.4, -0.2) is 12.9 Å². The van der Waals surface area contributed by atoms with E-state index in [1.54, 1.807) is 0 Å². The van der Waals surface area contributed by atoms with Gasteiger partial charge in [0, 0.05) is 16.2 Å². The number of ether oxygens (including phenoxy) is 3. The van der Waals surface area contributed by atoms with Gasteiger partial charge in [0.25, 0.3) is 0 Å². The molecule has 1 saturated heterocycles. The van der Waals surface area contributed by atoms with Gasteiger partial charge in [0.2, 0.25) is 0 Å². The highest BCUT2D eigenvalue weighted by atomic mass is 127. The molecule has 2 aliphatic heterocycles. The number of fused-ring (bicyclic) bond motifs is 3. The van der Waals surface area contributed by atoms with Gasteiger partial charge in [-0.15, -0.1) is 0 Å². The third-order valence-electron chi connectivity index (χ3n) is 6.47. The quantitative estimate of drug-likeness (QED) is 0.159. The zero-order chi connectivity index (χ0) is 23.6. The van der Waals surface area contributed by atoms with E-state index >= 15 is 0 Å². The molecule has 3 nitrogen and oxygen atoms in total. The largest absolute Gasteiger partial charge is 0.489 e. The first-order valence-corrected chi connectivity index (χ1v) is 14.5. The lowest BCUT2D eigenvalue weighted by Crippen LogP contribution is -2.25. The van der Waals surface area contributed by atoms with Crippen molar-refractivity contribution in [2.75, 3.05) is 6.61 Å². The molecule has 6 rings (SSSR count). The first-order chi connectivity index (χ1) is 17.3. The highest BCUT2D eigenvalue weighted by Gasteiger charge is 2.26. The molecule has 0 aliphatic carbocycles. The smallest absolute Gasteiger partial charge is 0.199 e. The minimum atomic E-state index is -0.534. The van der Waals surface area contributed by atoms with Gasteiger partial charge in [-0.05, 0) is 106 Å². The van der Waals surface area contributed by atoms with Crippen LogP contribution in [0.2, 0.25) is 0 Å². The molecule has 4 aromatic rings. The predicted molar refractivity (Wildman–Crippen MR) is 150 cm³/mol. The van der Waals surface area contributed by atoms with Crippen LogP contribution >= 0.6 is 33.5 Å².